The predicted octanol–water partition coefficient (Wildman–Crippen LogP) is 1.17. The molecule has 1 aliphatic heterocycles. The van der Waals surface area contributed by atoms with Crippen molar-refractivity contribution >= 4 is 11.0 Å². The number of hydrogen-bond acceptors (Lipinski definition) is 4. The third kappa shape index (κ3) is 1.72. The SMILES string of the molecule is CC1(C)Cc2nc3nc[nH]c(=O)c3cc2CO1. The van der Waals surface area contributed by atoms with Crippen molar-refractivity contribution in [1.29, 1.82) is 0 Å². The molecule has 0 unspecified atom stereocenters. The van der Waals surface area contributed by atoms with E-state index < -0.39 is 0 Å². The first-order valence-corrected chi connectivity index (χ1v) is 5.55. The van der Waals surface area contributed by atoms with Gasteiger partial charge in [0.2, 0.25) is 0 Å². The van der Waals surface area contributed by atoms with Gasteiger partial charge in [-0.3, -0.25) is 4.79 Å². The van der Waals surface area contributed by atoms with Crippen LogP contribution in [0.2, 0.25) is 0 Å². The molecule has 1 aliphatic rings. The molecule has 5 nitrogen and oxygen atoms in total. The van der Waals surface area contributed by atoms with Gasteiger partial charge in [-0.05, 0) is 19.9 Å². The van der Waals surface area contributed by atoms with Crippen molar-refractivity contribution in [2.24, 2.45) is 0 Å². The molecule has 2 aromatic heterocycles. The Hall–Kier alpha value is -1.75. The van der Waals surface area contributed by atoms with Gasteiger partial charge in [0, 0.05) is 12.0 Å². The summed E-state index contributed by atoms with van der Waals surface area (Å²) in [5.41, 5.74) is 2.11. The van der Waals surface area contributed by atoms with E-state index in [4.69, 9.17) is 4.74 Å². The monoisotopic (exact) mass is 231 g/mol. The van der Waals surface area contributed by atoms with Crippen LogP contribution in [0.5, 0.6) is 0 Å². The highest BCUT2D eigenvalue weighted by molar-refractivity contribution is 5.74. The molecule has 3 heterocycles. The molecule has 1 N–H and O–H groups in total. The minimum absolute atomic E-state index is 0.157. The molecule has 0 atom stereocenters. The summed E-state index contributed by atoms with van der Waals surface area (Å²) < 4.78 is 5.71. The topological polar surface area (TPSA) is 67.9 Å². The molecule has 88 valence electrons. The fourth-order valence-electron chi connectivity index (χ4n) is 2.08. The number of hydrogen-bond donors (Lipinski definition) is 1. The number of nitrogens with zero attached hydrogens (tertiary/aromatic N) is 2. The lowest BCUT2D eigenvalue weighted by molar-refractivity contribution is -0.0411. The molecule has 0 aliphatic carbocycles. The van der Waals surface area contributed by atoms with Gasteiger partial charge >= 0.3 is 0 Å². The summed E-state index contributed by atoms with van der Waals surface area (Å²) in [6.45, 7) is 4.57. The molecule has 2 aromatic rings. The van der Waals surface area contributed by atoms with Gasteiger partial charge in [0.15, 0.2) is 5.65 Å². The largest absolute Gasteiger partial charge is 0.370 e. The third-order valence-corrected chi connectivity index (χ3v) is 3.01. The Balaban J connectivity index is 2.24. The lowest BCUT2D eigenvalue weighted by atomic mass is 9.95. The number of aromatic amines is 1. The summed E-state index contributed by atoms with van der Waals surface area (Å²) in [6, 6.07) is 1.83. The average Bonchev–Trinajstić information content (AvgIpc) is 2.26. The van der Waals surface area contributed by atoms with E-state index in [1.165, 1.54) is 6.33 Å². The zero-order valence-electron chi connectivity index (χ0n) is 9.78. The maximum atomic E-state index is 11.6. The molecule has 17 heavy (non-hydrogen) atoms. The second-order valence-electron chi connectivity index (χ2n) is 4.92. The number of aromatic nitrogens is 3. The fraction of sp³-hybridized carbons (Fsp3) is 0.417. The van der Waals surface area contributed by atoms with E-state index in [9.17, 15) is 4.79 Å². The van der Waals surface area contributed by atoms with Crippen molar-refractivity contribution in [1.82, 2.24) is 15.0 Å². The summed E-state index contributed by atoms with van der Waals surface area (Å²) >= 11 is 0. The van der Waals surface area contributed by atoms with E-state index in [0.717, 1.165) is 17.7 Å². The van der Waals surface area contributed by atoms with Crippen LogP contribution in [-0.4, -0.2) is 20.6 Å². The number of nitrogens with one attached hydrogen (secondary N) is 1. The van der Waals surface area contributed by atoms with Gasteiger partial charge in [-0.2, -0.15) is 0 Å². The Labute approximate surface area is 97.9 Å². The predicted molar refractivity (Wildman–Crippen MR) is 62.7 cm³/mol. The Morgan fingerprint density at radius 2 is 2.29 bits per heavy atom. The van der Waals surface area contributed by atoms with Crippen LogP contribution >= 0.6 is 0 Å². The summed E-state index contributed by atoms with van der Waals surface area (Å²) in [7, 11) is 0. The standard InChI is InChI=1S/C12H13N3O2/c1-12(2)4-9-7(5-17-12)3-8-10(15-9)13-6-14-11(8)16/h3,6H,4-5H2,1-2H3,(H,13,14,15,16). The molecule has 0 radical (unpaired) electrons. The molecule has 3 rings (SSSR count). The summed E-state index contributed by atoms with van der Waals surface area (Å²) in [5.74, 6) is 0. The highest BCUT2D eigenvalue weighted by atomic mass is 16.5. The number of rotatable bonds is 0. The van der Waals surface area contributed by atoms with Gasteiger partial charge in [-0.25, -0.2) is 9.97 Å². The normalized spacial score (nSPS) is 18.0. The first-order valence-electron chi connectivity index (χ1n) is 5.55. The second kappa shape index (κ2) is 3.37. The van der Waals surface area contributed by atoms with E-state index in [2.05, 4.69) is 15.0 Å². The lowest BCUT2D eigenvalue weighted by Crippen LogP contribution is -2.32. The van der Waals surface area contributed by atoms with Crippen molar-refractivity contribution < 1.29 is 4.74 Å². The van der Waals surface area contributed by atoms with Crippen LogP contribution in [0.1, 0.15) is 25.1 Å². The molecule has 0 amide bonds. The Bertz CT molecular complexity index is 646. The van der Waals surface area contributed by atoms with Crippen LogP contribution < -0.4 is 5.56 Å². The van der Waals surface area contributed by atoms with E-state index in [0.29, 0.717) is 17.6 Å². The smallest absolute Gasteiger partial charge is 0.260 e. The van der Waals surface area contributed by atoms with Gasteiger partial charge < -0.3 is 9.72 Å². The fourth-order valence-corrected chi connectivity index (χ4v) is 2.08. The van der Waals surface area contributed by atoms with Crippen molar-refractivity contribution in [2.45, 2.75) is 32.5 Å². The molecule has 0 saturated carbocycles. The summed E-state index contributed by atoms with van der Waals surface area (Å²) in [6.07, 6.45) is 2.13. The van der Waals surface area contributed by atoms with Crippen LogP contribution in [-0.2, 0) is 17.8 Å². The van der Waals surface area contributed by atoms with Crippen LogP contribution in [0.15, 0.2) is 17.2 Å². The zero-order valence-corrected chi connectivity index (χ0v) is 9.78. The molecule has 0 fully saturated rings. The number of H-pyrrole nitrogens is 1. The van der Waals surface area contributed by atoms with Crippen molar-refractivity contribution in [3.8, 4) is 0 Å². The maximum Gasteiger partial charge on any atom is 0.260 e. The summed E-state index contributed by atoms with van der Waals surface area (Å²) in [5, 5.41) is 0.523. The van der Waals surface area contributed by atoms with E-state index >= 15 is 0 Å². The van der Waals surface area contributed by atoms with Gasteiger partial charge in [-0.1, -0.05) is 0 Å². The van der Waals surface area contributed by atoms with Crippen molar-refractivity contribution in [3.05, 3.63) is 34.0 Å². The van der Waals surface area contributed by atoms with E-state index in [1.807, 2.05) is 19.9 Å². The molecular weight excluding hydrogens is 218 g/mol. The van der Waals surface area contributed by atoms with Crippen molar-refractivity contribution in [2.75, 3.05) is 0 Å². The van der Waals surface area contributed by atoms with Crippen molar-refractivity contribution in [3.63, 3.8) is 0 Å². The highest BCUT2D eigenvalue weighted by Crippen LogP contribution is 2.27. The third-order valence-electron chi connectivity index (χ3n) is 3.01. The number of pyridine rings is 1. The Morgan fingerprint density at radius 3 is 3.12 bits per heavy atom. The average molecular weight is 231 g/mol. The Kier molecular flexibility index (Phi) is 2.06. The summed E-state index contributed by atoms with van der Waals surface area (Å²) in [4.78, 5) is 22.7. The lowest BCUT2D eigenvalue weighted by Gasteiger charge is -2.30. The molecular formula is C12H13N3O2. The first kappa shape index (κ1) is 10.4. The van der Waals surface area contributed by atoms with Gasteiger partial charge in [0.05, 0.1) is 29.6 Å². The van der Waals surface area contributed by atoms with Gasteiger partial charge in [-0.15, -0.1) is 0 Å². The van der Waals surface area contributed by atoms with Crippen LogP contribution in [0.4, 0.5) is 0 Å². The molecule has 5 heteroatoms. The molecule has 0 aromatic carbocycles. The zero-order chi connectivity index (χ0) is 12.0. The van der Waals surface area contributed by atoms with E-state index in [-0.39, 0.29) is 11.2 Å². The number of fused-ring (bicyclic) bond motifs is 2. The molecule has 0 saturated heterocycles. The van der Waals surface area contributed by atoms with E-state index in [1.54, 1.807) is 0 Å². The van der Waals surface area contributed by atoms with Crippen LogP contribution in [0.25, 0.3) is 11.0 Å². The quantitative estimate of drug-likeness (QED) is 0.739. The Morgan fingerprint density at radius 1 is 1.47 bits per heavy atom. The highest BCUT2D eigenvalue weighted by Gasteiger charge is 2.27. The van der Waals surface area contributed by atoms with Gasteiger partial charge in [0.1, 0.15) is 0 Å². The molecule has 0 spiro atoms. The van der Waals surface area contributed by atoms with Crippen LogP contribution in [0.3, 0.4) is 0 Å². The van der Waals surface area contributed by atoms with Crippen LogP contribution in [0, 0.1) is 0 Å². The maximum absolute atomic E-state index is 11.6. The minimum atomic E-state index is -0.200. The van der Waals surface area contributed by atoms with Gasteiger partial charge in [0.25, 0.3) is 5.56 Å². The molecule has 0 bridgehead atoms. The second-order valence-corrected chi connectivity index (χ2v) is 4.92. The first-order chi connectivity index (χ1) is 8.05. The number of ether oxygens (including phenoxy) is 1. The minimum Gasteiger partial charge on any atom is -0.370 e.